The maximum Gasteiger partial charge on any atom is 0.343 e. The van der Waals surface area contributed by atoms with Gasteiger partial charge in [0.25, 0.3) is 5.91 Å². The van der Waals surface area contributed by atoms with Gasteiger partial charge in [-0.05, 0) is 61.0 Å². The van der Waals surface area contributed by atoms with E-state index in [0.717, 1.165) is 5.56 Å². The van der Waals surface area contributed by atoms with Gasteiger partial charge in [-0.2, -0.15) is 0 Å². The first-order valence-electron chi connectivity index (χ1n) is 12.9. The minimum Gasteiger partial charge on any atom is -0.493 e. The third-order valence-electron chi connectivity index (χ3n) is 7.16. The lowest BCUT2D eigenvalue weighted by Crippen LogP contribution is -2.37. The number of nitrogens with zero attached hydrogens (tertiary/aromatic N) is 2. The standard InChI is InChI=1S/C32H26N2O6/c1-20-13-16-23(17-14-20)33-30(35)27-28(34(40-29(27)31(33)36)24-11-7-4-8-12-24)22-15-18-25(26(19-22)38-2)39-32(37)21-9-5-3-6-10-21/h3-19,27-29H,1-2H3/t27-,28-,29+/m1/s1. The highest BCUT2D eigenvalue weighted by molar-refractivity contribution is 6.23. The van der Waals surface area contributed by atoms with Crippen molar-refractivity contribution in [1.82, 2.24) is 0 Å². The molecule has 0 saturated carbocycles. The molecule has 2 heterocycles. The summed E-state index contributed by atoms with van der Waals surface area (Å²) in [6, 6.07) is 29.7. The van der Waals surface area contributed by atoms with Gasteiger partial charge in [0.05, 0.1) is 30.1 Å². The zero-order valence-electron chi connectivity index (χ0n) is 21.9. The van der Waals surface area contributed by atoms with Crippen LogP contribution in [0.25, 0.3) is 0 Å². The SMILES string of the molecule is COc1cc([C@@H]2[C@H]3C(=O)N(c4ccc(C)cc4)C(=O)[C@H]3ON2c2ccccc2)ccc1OC(=O)c1ccccc1. The van der Waals surface area contributed by atoms with Crippen LogP contribution >= 0.6 is 0 Å². The molecule has 2 fully saturated rings. The first kappa shape index (κ1) is 25.3. The van der Waals surface area contributed by atoms with Crippen LogP contribution in [0, 0.1) is 12.8 Å². The second-order valence-electron chi connectivity index (χ2n) is 9.67. The molecule has 0 unspecified atom stereocenters. The molecular formula is C32H26N2O6. The molecule has 2 saturated heterocycles. The molecule has 40 heavy (non-hydrogen) atoms. The van der Waals surface area contributed by atoms with Gasteiger partial charge in [0.15, 0.2) is 17.6 Å². The number of anilines is 2. The summed E-state index contributed by atoms with van der Waals surface area (Å²) < 4.78 is 11.2. The number of fused-ring (bicyclic) bond motifs is 1. The van der Waals surface area contributed by atoms with Gasteiger partial charge in [-0.1, -0.05) is 60.2 Å². The third-order valence-corrected chi connectivity index (χ3v) is 7.16. The number of hydroxylamine groups is 1. The molecule has 0 N–H and O–H groups in total. The molecule has 0 radical (unpaired) electrons. The van der Waals surface area contributed by atoms with Gasteiger partial charge in [-0.3, -0.25) is 14.4 Å². The van der Waals surface area contributed by atoms with Crippen molar-refractivity contribution in [2.45, 2.75) is 19.1 Å². The van der Waals surface area contributed by atoms with Crippen LogP contribution < -0.4 is 19.4 Å². The monoisotopic (exact) mass is 534 g/mol. The number of benzene rings is 4. The molecule has 3 atom stereocenters. The number of ether oxygens (including phenoxy) is 2. The molecule has 6 rings (SSSR count). The molecule has 2 aliphatic rings. The van der Waals surface area contributed by atoms with E-state index in [1.54, 1.807) is 59.7 Å². The molecule has 2 aliphatic heterocycles. The molecule has 8 heteroatoms. The van der Waals surface area contributed by atoms with E-state index in [1.165, 1.54) is 12.0 Å². The second kappa shape index (κ2) is 10.3. The summed E-state index contributed by atoms with van der Waals surface area (Å²) in [5.74, 6) is -1.55. The van der Waals surface area contributed by atoms with Crippen molar-refractivity contribution < 1.29 is 28.7 Å². The Morgan fingerprint density at radius 3 is 2.12 bits per heavy atom. The fourth-order valence-electron chi connectivity index (χ4n) is 5.19. The van der Waals surface area contributed by atoms with Gasteiger partial charge in [0.2, 0.25) is 5.91 Å². The predicted octanol–water partition coefficient (Wildman–Crippen LogP) is 5.27. The van der Waals surface area contributed by atoms with E-state index in [4.69, 9.17) is 14.3 Å². The Kier molecular flexibility index (Phi) is 6.53. The van der Waals surface area contributed by atoms with Crippen molar-refractivity contribution in [2.24, 2.45) is 5.92 Å². The van der Waals surface area contributed by atoms with Gasteiger partial charge in [0.1, 0.15) is 5.92 Å². The highest BCUT2D eigenvalue weighted by atomic mass is 16.7. The summed E-state index contributed by atoms with van der Waals surface area (Å²) >= 11 is 0. The van der Waals surface area contributed by atoms with Gasteiger partial charge in [-0.15, -0.1) is 0 Å². The van der Waals surface area contributed by atoms with E-state index in [1.807, 2.05) is 55.5 Å². The molecular weight excluding hydrogens is 508 g/mol. The van der Waals surface area contributed by atoms with Crippen LogP contribution in [-0.2, 0) is 14.4 Å². The molecule has 4 aromatic carbocycles. The third kappa shape index (κ3) is 4.38. The van der Waals surface area contributed by atoms with Crippen LogP contribution in [0.4, 0.5) is 11.4 Å². The average Bonchev–Trinajstić information content (AvgIpc) is 3.50. The number of aryl methyl sites for hydroxylation is 1. The number of imide groups is 1. The number of hydrogen-bond donors (Lipinski definition) is 0. The number of amides is 2. The zero-order valence-corrected chi connectivity index (χ0v) is 21.9. The van der Waals surface area contributed by atoms with Crippen molar-refractivity contribution in [3.63, 3.8) is 0 Å². The molecule has 0 aliphatic carbocycles. The van der Waals surface area contributed by atoms with Gasteiger partial charge < -0.3 is 9.47 Å². The largest absolute Gasteiger partial charge is 0.493 e. The van der Waals surface area contributed by atoms with Crippen molar-refractivity contribution >= 4 is 29.2 Å². The quantitative estimate of drug-likeness (QED) is 0.189. The van der Waals surface area contributed by atoms with Crippen LogP contribution in [0.3, 0.4) is 0 Å². The molecule has 8 nitrogen and oxygen atoms in total. The Hall–Kier alpha value is -4.95. The highest BCUT2D eigenvalue weighted by Crippen LogP contribution is 2.48. The number of rotatable bonds is 6. The zero-order chi connectivity index (χ0) is 27.8. The van der Waals surface area contributed by atoms with E-state index in [0.29, 0.717) is 28.3 Å². The molecule has 2 amide bonds. The Balaban J connectivity index is 1.38. The lowest BCUT2D eigenvalue weighted by atomic mass is 9.90. The van der Waals surface area contributed by atoms with Gasteiger partial charge in [0, 0.05) is 0 Å². The van der Waals surface area contributed by atoms with Gasteiger partial charge >= 0.3 is 5.97 Å². The Morgan fingerprint density at radius 2 is 1.45 bits per heavy atom. The lowest BCUT2D eigenvalue weighted by Gasteiger charge is -2.29. The Morgan fingerprint density at radius 1 is 0.775 bits per heavy atom. The number of carbonyl (C=O) groups is 3. The number of hydrogen-bond acceptors (Lipinski definition) is 7. The first-order chi connectivity index (χ1) is 19.5. The minimum absolute atomic E-state index is 0.233. The smallest absolute Gasteiger partial charge is 0.343 e. The maximum absolute atomic E-state index is 13.9. The summed E-state index contributed by atoms with van der Waals surface area (Å²) in [4.78, 5) is 47.5. The summed E-state index contributed by atoms with van der Waals surface area (Å²) in [5, 5.41) is 1.61. The van der Waals surface area contributed by atoms with Crippen LogP contribution in [0.5, 0.6) is 11.5 Å². The summed E-state index contributed by atoms with van der Waals surface area (Å²) in [7, 11) is 1.48. The van der Waals surface area contributed by atoms with Crippen molar-refractivity contribution in [1.29, 1.82) is 0 Å². The van der Waals surface area contributed by atoms with Gasteiger partial charge in [-0.25, -0.2) is 14.8 Å². The molecule has 0 bridgehead atoms. The van der Waals surface area contributed by atoms with Crippen molar-refractivity contribution in [3.05, 3.63) is 120 Å². The average molecular weight is 535 g/mol. The number of para-hydroxylation sites is 1. The molecule has 4 aromatic rings. The van der Waals surface area contributed by atoms with Crippen LogP contribution in [0.15, 0.2) is 103 Å². The summed E-state index contributed by atoms with van der Waals surface area (Å²) in [5.41, 5.74) is 3.29. The molecule has 200 valence electrons. The van der Waals surface area contributed by atoms with Crippen molar-refractivity contribution in [2.75, 3.05) is 17.1 Å². The molecule has 0 spiro atoms. The number of carbonyl (C=O) groups excluding carboxylic acids is 3. The maximum atomic E-state index is 13.9. The fraction of sp³-hybridized carbons (Fsp3) is 0.156. The summed E-state index contributed by atoms with van der Waals surface area (Å²) in [6.45, 7) is 1.94. The summed E-state index contributed by atoms with van der Waals surface area (Å²) in [6.07, 6.45) is -0.999. The first-order valence-corrected chi connectivity index (χ1v) is 12.9. The fourth-order valence-corrected chi connectivity index (χ4v) is 5.19. The Labute approximate surface area is 231 Å². The number of esters is 1. The van der Waals surface area contributed by atoms with Crippen molar-refractivity contribution in [3.8, 4) is 11.5 Å². The van der Waals surface area contributed by atoms with E-state index >= 15 is 0 Å². The van der Waals surface area contributed by atoms with Crippen LogP contribution in [0.1, 0.15) is 27.5 Å². The highest BCUT2D eigenvalue weighted by Gasteiger charge is 2.60. The van der Waals surface area contributed by atoms with Crippen LogP contribution in [0.2, 0.25) is 0 Å². The lowest BCUT2D eigenvalue weighted by molar-refractivity contribution is -0.126. The van der Waals surface area contributed by atoms with Crippen LogP contribution in [-0.4, -0.2) is 31.0 Å². The van der Waals surface area contributed by atoms with E-state index < -0.39 is 29.9 Å². The van der Waals surface area contributed by atoms with E-state index in [9.17, 15) is 14.4 Å². The topological polar surface area (TPSA) is 85.4 Å². The number of methoxy groups -OCH3 is 1. The van der Waals surface area contributed by atoms with E-state index in [2.05, 4.69) is 0 Å². The molecule has 0 aromatic heterocycles. The van der Waals surface area contributed by atoms with E-state index in [-0.39, 0.29) is 11.7 Å². The normalized spacial score (nSPS) is 20.0. The second-order valence-corrected chi connectivity index (χ2v) is 9.67. The minimum atomic E-state index is -0.999. The predicted molar refractivity (Wildman–Crippen MR) is 148 cm³/mol. The Bertz CT molecular complexity index is 1570.